The van der Waals surface area contributed by atoms with Crippen LogP contribution in [-0.4, -0.2) is 19.1 Å². The van der Waals surface area contributed by atoms with Crippen LogP contribution in [0.5, 0.6) is 5.75 Å². The lowest BCUT2D eigenvalue weighted by atomic mass is 10.1. The number of hydrogen-bond acceptors (Lipinski definition) is 3. The van der Waals surface area contributed by atoms with E-state index in [-0.39, 0.29) is 5.91 Å². The number of benzene rings is 1. The van der Waals surface area contributed by atoms with Gasteiger partial charge in [-0.05, 0) is 34.5 Å². The molecule has 4 nitrogen and oxygen atoms in total. The Labute approximate surface area is 116 Å². The second-order valence-electron chi connectivity index (χ2n) is 4.09. The van der Waals surface area contributed by atoms with Crippen LogP contribution in [0.15, 0.2) is 22.7 Å². The zero-order valence-electron chi connectivity index (χ0n) is 10.7. The molecule has 3 N–H and O–H groups in total. The maximum absolute atomic E-state index is 11.8. The van der Waals surface area contributed by atoms with Gasteiger partial charge in [-0.25, -0.2) is 0 Å². The maximum Gasteiger partial charge on any atom is 0.241 e. The standard InChI is InChI=1S/C13H19BrN2O2/c1-3-4-5-11(15)13(17)16-9-6-7-10(14)12(8-9)18-2/h6-8,11H,3-5,15H2,1-2H3,(H,16,17)/t11-/m0/s1. The van der Waals surface area contributed by atoms with E-state index in [2.05, 4.69) is 28.2 Å². The van der Waals surface area contributed by atoms with Crippen LogP contribution < -0.4 is 15.8 Å². The van der Waals surface area contributed by atoms with Gasteiger partial charge in [-0.1, -0.05) is 19.8 Å². The lowest BCUT2D eigenvalue weighted by molar-refractivity contribution is -0.117. The van der Waals surface area contributed by atoms with Crippen molar-refractivity contribution in [2.45, 2.75) is 32.2 Å². The van der Waals surface area contributed by atoms with Crippen LogP contribution in [-0.2, 0) is 4.79 Å². The first-order chi connectivity index (χ1) is 8.58. The molecule has 1 rings (SSSR count). The second kappa shape index (κ2) is 7.38. The largest absolute Gasteiger partial charge is 0.495 e. The molecule has 0 radical (unpaired) electrons. The molecule has 0 unspecified atom stereocenters. The fourth-order valence-corrected chi connectivity index (χ4v) is 1.94. The molecule has 1 amide bonds. The van der Waals surface area contributed by atoms with E-state index < -0.39 is 6.04 Å². The fraction of sp³-hybridized carbons (Fsp3) is 0.462. The van der Waals surface area contributed by atoms with Gasteiger partial charge in [0.05, 0.1) is 17.6 Å². The Morgan fingerprint density at radius 2 is 2.28 bits per heavy atom. The average Bonchev–Trinajstić information content (AvgIpc) is 2.37. The van der Waals surface area contributed by atoms with Gasteiger partial charge in [0.25, 0.3) is 0 Å². The zero-order valence-corrected chi connectivity index (χ0v) is 12.3. The predicted molar refractivity (Wildman–Crippen MR) is 76.8 cm³/mol. The summed E-state index contributed by atoms with van der Waals surface area (Å²) in [7, 11) is 1.58. The van der Waals surface area contributed by atoms with Crippen molar-refractivity contribution < 1.29 is 9.53 Å². The maximum atomic E-state index is 11.8. The smallest absolute Gasteiger partial charge is 0.241 e. The SMILES string of the molecule is CCCC[C@H](N)C(=O)Nc1ccc(Br)c(OC)c1. The van der Waals surface area contributed by atoms with Crippen LogP contribution in [0.25, 0.3) is 0 Å². The molecule has 1 aromatic rings. The number of ether oxygens (including phenoxy) is 1. The van der Waals surface area contributed by atoms with Gasteiger partial charge in [-0.3, -0.25) is 4.79 Å². The monoisotopic (exact) mass is 314 g/mol. The number of nitrogens with two attached hydrogens (primary N) is 1. The Kier molecular flexibility index (Phi) is 6.15. The van der Waals surface area contributed by atoms with Crippen molar-refractivity contribution in [3.8, 4) is 5.75 Å². The number of rotatable bonds is 6. The summed E-state index contributed by atoms with van der Waals surface area (Å²) in [5, 5.41) is 2.79. The molecule has 0 aliphatic rings. The third-order valence-corrected chi connectivity index (χ3v) is 3.28. The zero-order chi connectivity index (χ0) is 13.5. The number of anilines is 1. The van der Waals surface area contributed by atoms with Gasteiger partial charge in [0.1, 0.15) is 5.75 Å². The number of hydrogen-bond donors (Lipinski definition) is 2. The van der Waals surface area contributed by atoms with E-state index in [9.17, 15) is 4.79 Å². The molecule has 0 bridgehead atoms. The van der Waals surface area contributed by atoms with Crippen molar-refractivity contribution in [2.24, 2.45) is 5.73 Å². The number of halogens is 1. The van der Waals surface area contributed by atoms with Gasteiger partial charge in [0.15, 0.2) is 0 Å². The Morgan fingerprint density at radius 3 is 2.89 bits per heavy atom. The van der Waals surface area contributed by atoms with E-state index in [4.69, 9.17) is 10.5 Å². The minimum Gasteiger partial charge on any atom is -0.495 e. The van der Waals surface area contributed by atoms with E-state index in [1.165, 1.54) is 0 Å². The summed E-state index contributed by atoms with van der Waals surface area (Å²) < 4.78 is 6.01. The highest BCUT2D eigenvalue weighted by Gasteiger charge is 2.13. The molecule has 0 aromatic heterocycles. The van der Waals surface area contributed by atoms with E-state index >= 15 is 0 Å². The number of amides is 1. The summed E-state index contributed by atoms with van der Waals surface area (Å²) in [6.07, 6.45) is 2.70. The highest BCUT2D eigenvalue weighted by atomic mass is 79.9. The Balaban J connectivity index is 2.64. The van der Waals surface area contributed by atoms with Crippen LogP contribution in [0.3, 0.4) is 0 Å². The van der Waals surface area contributed by atoms with Crippen molar-refractivity contribution >= 4 is 27.5 Å². The highest BCUT2D eigenvalue weighted by molar-refractivity contribution is 9.10. The van der Waals surface area contributed by atoms with Crippen LogP contribution in [0.1, 0.15) is 26.2 Å². The molecule has 0 saturated heterocycles. The van der Waals surface area contributed by atoms with Gasteiger partial charge < -0.3 is 15.8 Å². The molecule has 1 atom stereocenters. The molecule has 0 spiro atoms. The molecule has 100 valence electrons. The lowest BCUT2D eigenvalue weighted by Gasteiger charge is -2.13. The van der Waals surface area contributed by atoms with Crippen LogP contribution in [0.4, 0.5) is 5.69 Å². The van der Waals surface area contributed by atoms with Gasteiger partial charge in [-0.2, -0.15) is 0 Å². The van der Waals surface area contributed by atoms with Gasteiger partial charge in [-0.15, -0.1) is 0 Å². The molecular formula is C13H19BrN2O2. The molecule has 5 heteroatoms. The van der Waals surface area contributed by atoms with Crippen molar-refractivity contribution in [3.63, 3.8) is 0 Å². The number of methoxy groups -OCH3 is 1. The lowest BCUT2D eigenvalue weighted by Crippen LogP contribution is -2.35. The van der Waals surface area contributed by atoms with Gasteiger partial charge in [0.2, 0.25) is 5.91 Å². The molecule has 0 heterocycles. The van der Waals surface area contributed by atoms with Crippen molar-refractivity contribution in [1.29, 1.82) is 0 Å². The number of carbonyl (C=O) groups is 1. The predicted octanol–water partition coefficient (Wildman–Crippen LogP) is 2.91. The van der Waals surface area contributed by atoms with Crippen molar-refractivity contribution in [1.82, 2.24) is 0 Å². The van der Waals surface area contributed by atoms with Gasteiger partial charge in [0, 0.05) is 11.8 Å². The summed E-state index contributed by atoms with van der Waals surface area (Å²) in [6, 6.07) is 4.93. The van der Waals surface area contributed by atoms with E-state index in [0.717, 1.165) is 17.3 Å². The van der Waals surface area contributed by atoms with Crippen LogP contribution in [0, 0.1) is 0 Å². The summed E-state index contributed by atoms with van der Waals surface area (Å²) in [4.78, 5) is 11.8. The van der Waals surface area contributed by atoms with E-state index in [1.807, 2.05) is 6.07 Å². The van der Waals surface area contributed by atoms with Crippen LogP contribution >= 0.6 is 15.9 Å². The molecular weight excluding hydrogens is 296 g/mol. The Bertz CT molecular complexity index is 410. The molecule has 0 aliphatic heterocycles. The van der Waals surface area contributed by atoms with Gasteiger partial charge >= 0.3 is 0 Å². The number of carbonyl (C=O) groups excluding carboxylic acids is 1. The van der Waals surface area contributed by atoms with Crippen LogP contribution in [0.2, 0.25) is 0 Å². The summed E-state index contributed by atoms with van der Waals surface area (Å²) in [5.74, 6) is 0.516. The second-order valence-corrected chi connectivity index (χ2v) is 4.94. The average molecular weight is 315 g/mol. The minimum absolute atomic E-state index is 0.159. The molecule has 0 aliphatic carbocycles. The topological polar surface area (TPSA) is 64.4 Å². The first-order valence-corrected chi connectivity index (χ1v) is 6.77. The van der Waals surface area contributed by atoms with Crippen molar-refractivity contribution in [3.05, 3.63) is 22.7 Å². The number of unbranched alkanes of at least 4 members (excludes halogenated alkanes) is 1. The quantitative estimate of drug-likeness (QED) is 0.848. The van der Waals surface area contributed by atoms with Crippen molar-refractivity contribution in [2.75, 3.05) is 12.4 Å². The first kappa shape index (κ1) is 15.0. The van der Waals surface area contributed by atoms with E-state index in [1.54, 1.807) is 19.2 Å². The fourth-order valence-electron chi connectivity index (χ4n) is 1.53. The molecule has 1 aromatic carbocycles. The molecule has 0 saturated carbocycles. The summed E-state index contributed by atoms with van der Waals surface area (Å²) >= 11 is 3.36. The third kappa shape index (κ3) is 4.31. The first-order valence-electron chi connectivity index (χ1n) is 5.98. The summed E-state index contributed by atoms with van der Waals surface area (Å²) in [5.41, 5.74) is 6.49. The number of nitrogens with one attached hydrogen (secondary N) is 1. The Morgan fingerprint density at radius 1 is 1.56 bits per heavy atom. The Hall–Kier alpha value is -1.07. The third-order valence-electron chi connectivity index (χ3n) is 2.62. The normalized spacial score (nSPS) is 12.0. The van der Waals surface area contributed by atoms with E-state index in [0.29, 0.717) is 17.9 Å². The molecule has 18 heavy (non-hydrogen) atoms. The minimum atomic E-state index is -0.459. The molecule has 0 fully saturated rings. The summed E-state index contributed by atoms with van der Waals surface area (Å²) in [6.45, 7) is 2.07. The highest BCUT2D eigenvalue weighted by Crippen LogP contribution is 2.27.